The highest BCUT2D eigenvalue weighted by molar-refractivity contribution is 5.95. The second kappa shape index (κ2) is 12.8. The Labute approximate surface area is 300 Å². The van der Waals surface area contributed by atoms with Gasteiger partial charge in [-0.3, -0.25) is 0 Å². The van der Waals surface area contributed by atoms with Crippen molar-refractivity contribution in [1.29, 1.82) is 0 Å². The Kier molecular flexibility index (Phi) is 8.11. The monoisotopic (exact) mass is 667 g/mol. The average Bonchev–Trinajstić information content (AvgIpc) is 3.46. The predicted octanol–water partition coefficient (Wildman–Crippen LogP) is 13.3. The van der Waals surface area contributed by atoms with Gasteiger partial charge in [0.2, 0.25) is 0 Å². The number of halogens is 1. The van der Waals surface area contributed by atoms with Crippen LogP contribution in [-0.4, -0.2) is 4.57 Å². The van der Waals surface area contributed by atoms with Gasteiger partial charge in [-0.25, -0.2) is 4.39 Å². The summed E-state index contributed by atoms with van der Waals surface area (Å²) in [6.45, 7) is 9.36. The molecular formula is C47H42FN3. The van der Waals surface area contributed by atoms with Crippen molar-refractivity contribution in [2.24, 2.45) is 10.8 Å². The number of para-hydroxylation sites is 3. The first-order chi connectivity index (χ1) is 24.7. The lowest BCUT2D eigenvalue weighted by molar-refractivity contribution is 0.168. The Morgan fingerprint density at radius 2 is 1.06 bits per heavy atom. The molecule has 0 N–H and O–H groups in total. The maximum atomic E-state index is 14.9. The van der Waals surface area contributed by atoms with E-state index in [4.69, 9.17) is 0 Å². The van der Waals surface area contributed by atoms with E-state index in [9.17, 15) is 4.39 Å². The lowest BCUT2D eigenvalue weighted by Crippen LogP contribution is -2.34. The van der Waals surface area contributed by atoms with E-state index in [0.717, 1.165) is 51.7 Å². The van der Waals surface area contributed by atoms with Crippen LogP contribution in [0.1, 0.15) is 39.0 Å². The van der Waals surface area contributed by atoms with Crippen molar-refractivity contribution < 1.29 is 4.39 Å². The molecule has 0 saturated carbocycles. The number of fused-ring (bicyclic) bond motifs is 3. The largest absolute Gasteiger partial charge is 0.311 e. The van der Waals surface area contributed by atoms with Crippen molar-refractivity contribution in [1.82, 2.24) is 4.57 Å². The molecule has 7 aromatic rings. The Balaban J connectivity index is 1.29. The summed E-state index contributed by atoms with van der Waals surface area (Å²) >= 11 is 0. The van der Waals surface area contributed by atoms with Crippen molar-refractivity contribution in [3.63, 3.8) is 0 Å². The Morgan fingerprint density at radius 1 is 0.569 bits per heavy atom. The second-order valence-electron chi connectivity index (χ2n) is 14.8. The number of nitrogens with zero attached hydrogens (tertiary/aromatic N) is 3. The molecule has 252 valence electrons. The fraction of sp³-hybridized carbons (Fsp3) is 0.149. The van der Waals surface area contributed by atoms with Crippen LogP contribution >= 0.6 is 0 Å². The topological polar surface area (TPSA) is 11.4 Å². The molecule has 8 rings (SSSR count). The third kappa shape index (κ3) is 5.91. The van der Waals surface area contributed by atoms with Gasteiger partial charge in [-0.2, -0.15) is 0 Å². The first-order valence-corrected chi connectivity index (χ1v) is 17.7. The SMILES string of the molecule is CC(C)(C)C1(C)C=Cc2c(c3cc(N(c4ccc(N(c5ccccc5)c5ccccc5)cc4)c4cccc(F)c4)ccc3n2-c2ccccc2)C1. The van der Waals surface area contributed by atoms with Crippen molar-refractivity contribution in [2.75, 3.05) is 9.80 Å². The van der Waals surface area contributed by atoms with Crippen LogP contribution in [0.2, 0.25) is 0 Å². The summed E-state index contributed by atoms with van der Waals surface area (Å²) in [6.07, 6.45) is 5.65. The summed E-state index contributed by atoms with van der Waals surface area (Å²) in [5.74, 6) is -0.270. The molecule has 0 bridgehead atoms. The fourth-order valence-electron chi connectivity index (χ4n) is 7.34. The molecule has 0 aliphatic heterocycles. The number of hydrogen-bond donors (Lipinski definition) is 0. The minimum Gasteiger partial charge on any atom is -0.311 e. The molecule has 4 heteroatoms. The standard InChI is InChI=1S/C47H42FN3/c1-46(2,3)47(4)30-29-45-43(33-47)42-32-41(27-28-44(42)51(45)37-20-12-7-13-21-37)50(40-22-14-15-34(48)31-40)39-25-23-38(24-26-39)49(35-16-8-5-9-17-35)36-18-10-6-11-19-36/h5-32H,33H2,1-4H3. The predicted molar refractivity (Wildman–Crippen MR) is 213 cm³/mol. The summed E-state index contributed by atoms with van der Waals surface area (Å²) in [6, 6.07) is 53.5. The van der Waals surface area contributed by atoms with Gasteiger partial charge >= 0.3 is 0 Å². The highest BCUT2D eigenvalue weighted by Gasteiger charge is 2.39. The van der Waals surface area contributed by atoms with Gasteiger partial charge in [0.25, 0.3) is 0 Å². The van der Waals surface area contributed by atoms with E-state index >= 15 is 0 Å². The third-order valence-corrected chi connectivity index (χ3v) is 10.7. The first-order valence-electron chi connectivity index (χ1n) is 17.7. The minimum absolute atomic E-state index is 0.0206. The molecule has 1 aliphatic rings. The molecule has 1 unspecified atom stereocenters. The summed E-state index contributed by atoms with van der Waals surface area (Å²) < 4.78 is 17.3. The third-order valence-electron chi connectivity index (χ3n) is 10.7. The van der Waals surface area contributed by atoms with Gasteiger partial charge < -0.3 is 14.4 Å². The molecule has 0 saturated heterocycles. The van der Waals surface area contributed by atoms with E-state index < -0.39 is 0 Å². The van der Waals surface area contributed by atoms with Crippen LogP contribution in [0, 0.1) is 16.6 Å². The van der Waals surface area contributed by atoms with Gasteiger partial charge in [0.05, 0.1) is 5.52 Å². The van der Waals surface area contributed by atoms with Crippen molar-refractivity contribution >= 4 is 51.1 Å². The number of rotatable bonds is 7. The maximum Gasteiger partial charge on any atom is 0.125 e. The summed E-state index contributed by atoms with van der Waals surface area (Å²) in [5, 5.41) is 1.21. The number of aromatic nitrogens is 1. The van der Waals surface area contributed by atoms with Gasteiger partial charge in [0, 0.05) is 50.9 Å². The normalized spacial score (nSPS) is 15.5. The molecule has 51 heavy (non-hydrogen) atoms. The van der Waals surface area contributed by atoms with Crippen LogP contribution in [0.3, 0.4) is 0 Å². The van der Waals surface area contributed by atoms with Gasteiger partial charge in [-0.05, 0) is 126 Å². The van der Waals surface area contributed by atoms with Crippen LogP contribution < -0.4 is 9.80 Å². The summed E-state index contributed by atoms with van der Waals surface area (Å²) in [4.78, 5) is 4.41. The van der Waals surface area contributed by atoms with Gasteiger partial charge in [0.15, 0.2) is 0 Å². The van der Waals surface area contributed by atoms with E-state index in [2.05, 4.69) is 176 Å². The van der Waals surface area contributed by atoms with Crippen LogP contribution in [0.25, 0.3) is 22.7 Å². The zero-order chi connectivity index (χ0) is 35.2. The molecule has 0 spiro atoms. The lowest BCUT2D eigenvalue weighted by Gasteiger charge is -2.42. The zero-order valence-electron chi connectivity index (χ0n) is 29.6. The zero-order valence-corrected chi connectivity index (χ0v) is 29.6. The van der Waals surface area contributed by atoms with Gasteiger partial charge in [0.1, 0.15) is 5.82 Å². The van der Waals surface area contributed by atoms with Crippen LogP contribution in [0.4, 0.5) is 38.5 Å². The van der Waals surface area contributed by atoms with E-state index in [0.29, 0.717) is 0 Å². The summed E-state index contributed by atoms with van der Waals surface area (Å²) in [7, 11) is 0. The first kappa shape index (κ1) is 32.3. The summed E-state index contributed by atoms with van der Waals surface area (Å²) in [5.41, 5.74) is 10.8. The minimum atomic E-state index is -0.270. The van der Waals surface area contributed by atoms with E-state index in [-0.39, 0.29) is 16.6 Å². The van der Waals surface area contributed by atoms with E-state index in [1.165, 1.54) is 22.7 Å². The number of hydrogen-bond acceptors (Lipinski definition) is 2. The molecule has 1 atom stereocenters. The number of benzene rings is 6. The average molecular weight is 668 g/mol. The van der Waals surface area contributed by atoms with Crippen molar-refractivity contribution in [2.45, 2.75) is 34.1 Å². The molecule has 0 fully saturated rings. The van der Waals surface area contributed by atoms with E-state index in [1.807, 2.05) is 18.2 Å². The Morgan fingerprint density at radius 3 is 1.63 bits per heavy atom. The smallest absolute Gasteiger partial charge is 0.125 e. The maximum absolute atomic E-state index is 14.9. The van der Waals surface area contributed by atoms with Crippen LogP contribution in [0.5, 0.6) is 0 Å². The molecule has 3 nitrogen and oxygen atoms in total. The highest BCUT2D eigenvalue weighted by Crippen LogP contribution is 2.49. The molecule has 6 aromatic carbocycles. The van der Waals surface area contributed by atoms with Gasteiger partial charge in [-0.15, -0.1) is 0 Å². The Bertz CT molecular complexity index is 2300. The van der Waals surface area contributed by atoms with Crippen LogP contribution in [0.15, 0.2) is 164 Å². The molecule has 1 aliphatic carbocycles. The van der Waals surface area contributed by atoms with Crippen molar-refractivity contribution in [3.8, 4) is 5.69 Å². The van der Waals surface area contributed by atoms with Crippen molar-refractivity contribution in [3.05, 3.63) is 181 Å². The molecule has 1 heterocycles. The number of allylic oxidation sites excluding steroid dienone is 1. The quantitative estimate of drug-likeness (QED) is 0.168. The molecular weight excluding hydrogens is 626 g/mol. The second-order valence-corrected chi connectivity index (χ2v) is 14.8. The van der Waals surface area contributed by atoms with E-state index in [1.54, 1.807) is 12.1 Å². The fourth-order valence-corrected chi connectivity index (χ4v) is 7.34. The highest BCUT2D eigenvalue weighted by atomic mass is 19.1. The molecule has 0 radical (unpaired) electrons. The lowest BCUT2D eigenvalue weighted by atomic mass is 9.63. The molecule has 0 amide bonds. The number of anilines is 6. The Hall–Kier alpha value is -5.87. The molecule has 1 aromatic heterocycles. The van der Waals surface area contributed by atoms with Gasteiger partial charge in [-0.1, -0.05) is 94.4 Å². The van der Waals surface area contributed by atoms with Crippen LogP contribution in [-0.2, 0) is 6.42 Å².